The van der Waals surface area contributed by atoms with Crippen molar-refractivity contribution in [3.8, 4) is 22.9 Å². The van der Waals surface area contributed by atoms with Gasteiger partial charge in [-0.15, -0.1) is 5.10 Å². The largest absolute Gasteiger partial charge is 0.438 e. The van der Waals surface area contributed by atoms with Crippen LogP contribution >= 0.6 is 0 Å². The molecule has 0 amide bonds. The number of benzene rings is 2. The van der Waals surface area contributed by atoms with Crippen molar-refractivity contribution in [1.82, 2.24) is 9.78 Å². The van der Waals surface area contributed by atoms with E-state index in [2.05, 4.69) is 5.10 Å². The smallest absolute Gasteiger partial charge is 0.416 e. The molecule has 1 fully saturated rings. The first-order valence-electron chi connectivity index (χ1n) is 9.19. The van der Waals surface area contributed by atoms with Gasteiger partial charge in [-0.05, 0) is 42.8 Å². The van der Waals surface area contributed by atoms with E-state index in [0.717, 1.165) is 29.0 Å². The molecule has 0 radical (unpaired) electrons. The summed E-state index contributed by atoms with van der Waals surface area (Å²) in [6.45, 7) is 3.51. The van der Waals surface area contributed by atoms with Gasteiger partial charge in [-0.1, -0.05) is 18.2 Å². The monoisotopic (exact) mass is 403 g/mol. The summed E-state index contributed by atoms with van der Waals surface area (Å²) in [6, 6.07) is 14.2. The Morgan fingerprint density at radius 2 is 1.86 bits per heavy atom. The first-order chi connectivity index (χ1) is 13.8. The summed E-state index contributed by atoms with van der Waals surface area (Å²) in [5.74, 6) is 0.591. The Morgan fingerprint density at radius 3 is 2.45 bits per heavy atom. The fourth-order valence-corrected chi connectivity index (χ4v) is 3.23. The van der Waals surface area contributed by atoms with E-state index in [1.807, 2.05) is 31.2 Å². The standard InChI is InChI=1S/C21H20F3N3O2/c1-2-27-18(14-4-3-5-16(10-14)20(25)12-28-13-20)11-19(26-27)29-17-8-6-15(7-9-17)21(22,23)24/h3-11H,2,12-13,25H2,1H3. The van der Waals surface area contributed by atoms with Crippen LogP contribution in [0.3, 0.4) is 0 Å². The Kier molecular flexibility index (Phi) is 4.84. The number of aryl methyl sites for hydroxylation is 1. The van der Waals surface area contributed by atoms with Gasteiger partial charge in [0.05, 0.1) is 30.0 Å². The van der Waals surface area contributed by atoms with Crippen molar-refractivity contribution in [2.45, 2.75) is 25.2 Å². The molecule has 0 atom stereocenters. The average molecular weight is 403 g/mol. The highest BCUT2D eigenvalue weighted by Gasteiger charge is 2.36. The zero-order valence-corrected chi connectivity index (χ0v) is 15.7. The summed E-state index contributed by atoms with van der Waals surface area (Å²) >= 11 is 0. The van der Waals surface area contributed by atoms with Gasteiger partial charge in [-0.25, -0.2) is 0 Å². The van der Waals surface area contributed by atoms with Crippen molar-refractivity contribution in [2.75, 3.05) is 13.2 Å². The SMILES string of the molecule is CCn1nc(Oc2ccc(C(F)(F)F)cc2)cc1-c1cccc(C2(N)COC2)c1. The molecule has 0 aliphatic carbocycles. The number of hydrogen-bond donors (Lipinski definition) is 1. The maximum Gasteiger partial charge on any atom is 0.416 e. The third kappa shape index (κ3) is 3.86. The molecule has 0 saturated carbocycles. The number of nitrogens with zero attached hydrogens (tertiary/aromatic N) is 2. The molecule has 2 aromatic carbocycles. The maximum absolute atomic E-state index is 12.7. The Labute approximate surface area is 165 Å². The average Bonchev–Trinajstić information content (AvgIpc) is 3.09. The highest BCUT2D eigenvalue weighted by Crippen LogP contribution is 2.34. The van der Waals surface area contributed by atoms with Crippen molar-refractivity contribution >= 4 is 0 Å². The van der Waals surface area contributed by atoms with Gasteiger partial charge in [0.25, 0.3) is 0 Å². The lowest BCUT2D eigenvalue weighted by Gasteiger charge is -2.38. The van der Waals surface area contributed by atoms with Gasteiger partial charge in [0.15, 0.2) is 0 Å². The minimum atomic E-state index is -4.38. The Balaban J connectivity index is 1.60. The molecule has 0 unspecified atom stereocenters. The number of aromatic nitrogens is 2. The van der Waals surface area contributed by atoms with Gasteiger partial charge in [-0.2, -0.15) is 13.2 Å². The number of halogens is 3. The van der Waals surface area contributed by atoms with Crippen LogP contribution in [0.25, 0.3) is 11.3 Å². The summed E-state index contributed by atoms with van der Waals surface area (Å²) < 4.78 is 50.8. The molecule has 5 nitrogen and oxygen atoms in total. The van der Waals surface area contributed by atoms with Crippen LogP contribution in [-0.4, -0.2) is 23.0 Å². The van der Waals surface area contributed by atoms with E-state index in [0.29, 0.717) is 25.6 Å². The molecular weight excluding hydrogens is 383 g/mol. The minimum Gasteiger partial charge on any atom is -0.438 e. The quantitative estimate of drug-likeness (QED) is 0.678. The predicted octanol–water partition coefficient (Wildman–Crippen LogP) is 4.57. The van der Waals surface area contributed by atoms with Crippen LogP contribution in [0.2, 0.25) is 0 Å². The fraction of sp³-hybridized carbons (Fsp3) is 0.286. The highest BCUT2D eigenvalue weighted by molar-refractivity contribution is 5.62. The van der Waals surface area contributed by atoms with Gasteiger partial charge in [-0.3, -0.25) is 4.68 Å². The van der Waals surface area contributed by atoms with E-state index in [9.17, 15) is 13.2 Å². The molecular formula is C21H20F3N3O2. The molecule has 29 heavy (non-hydrogen) atoms. The van der Waals surface area contributed by atoms with E-state index in [1.54, 1.807) is 10.7 Å². The van der Waals surface area contributed by atoms with Crippen molar-refractivity contribution < 1.29 is 22.6 Å². The number of alkyl halides is 3. The number of ether oxygens (including phenoxy) is 2. The maximum atomic E-state index is 12.7. The second kappa shape index (κ2) is 7.20. The lowest BCUT2D eigenvalue weighted by Crippen LogP contribution is -2.54. The van der Waals surface area contributed by atoms with Gasteiger partial charge in [0, 0.05) is 18.2 Å². The normalized spacial score (nSPS) is 15.8. The van der Waals surface area contributed by atoms with Gasteiger partial charge in [0.2, 0.25) is 5.88 Å². The fourth-order valence-electron chi connectivity index (χ4n) is 3.23. The van der Waals surface area contributed by atoms with Crippen LogP contribution in [0.15, 0.2) is 54.6 Å². The summed E-state index contributed by atoms with van der Waals surface area (Å²) in [5.41, 5.74) is 7.88. The first kappa shape index (κ1) is 19.5. The van der Waals surface area contributed by atoms with Crippen molar-refractivity contribution in [1.29, 1.82) is 0 Å². The summed E-state index contributed by atoms with van der Waals surface area (Å²) in [5, 5.41) is 4.41. The molecule has 1 saturated heterocycles. The lowest BCUT2D eigenvalue weighted by molar-refractivity contribution is -0.137. The van der Waals surface area contributed by atoms with Gasteiger partial charge in [0.1, 0.15) is 5.75 Å². The van der Waals surface area contributed by atoms with Crippen LogP contribution in [0.4, 0.5) is 13.2 Å². The Morgan fingerprint density at radius 1 is 1.14 bits per heavy atom. The molecule has 0 bridgehead atoms. The summed E-state index contributed by atoms with van der Waals surface area (Å²) in [6.07, 6.45) is -4.38. The summed E-state index contributed by atoms with van der Waals surface area (Å²) in [4.78, 5) is 0. The second-order valence-corrected chi connectivity index (χ2v) is 7.04. The molecule has 2 heterocycles. The molecule has 152 valence electrons. The van der Waals surface area contributed by atoms with E-state index >= 15 is 0 Å². The third-order valence-corrected chi connectivity index (χ3v) is 4.91. The lowest BCUT2D eigenvalue weighted by atomic mass is 9.88. The zero-order valence-electron chi connectivity index (χ0n) is 15.7. The number of hydrogen-bond acceptors (Lipinski definition) is 4. The van der Waals surface area contributed by atoms with Crippen molar-refractivity contribution in [3.63, 3.8) is 0 Å². The van der Waals surface area contributed by atoms with Crippen LogP contribution in [0, 0.1) is 0 Å². The molecule has 1 aliphatic rings. The third-order valence-electron chi connectivity index (χ3n) is 4.91. The molecule has 8 heteroatoms. The number of nitrogens with two attached hydrogens (primary N) is 1. The van der Waals surface area contributed by atoms with E-state index in [4.69, 9.17) is 15.2 Å². The zero-order chi connectivity index (χ0) is 20.6. The van der Waals surface area contributed by atoms with Gasteiger partial charge >= 0.3 is 6.18 Å². The first-order valence-corrected chi connectivity index (χ1v) is 9.19. The molecule has 2 N–H and O–H groups in total. The van der Waals surface area contributed by atoms with Crippen molar-refractivity contribution in [3.05, 3.63) is 65.7 Å². The molecule has 3 aromatic rings. The van der Waals surface area contributed by atoms with E-state index < -0.39 is 17.3 Å². The topological polar surface area (TPSA) is 62.3 Å². The molecule has 1 aliphatic heterocycles. The molecule has 1 aromatic heterocycles. The minimum absolute atomic E-state index is 0.284. The number of rotatable bonds is 5. The highest BCUT2D eigenvalue weighted by atomic mass is 19.4. The molecule has 0 spiro atoms. The van der Waals surface area contributed by atoms with Crippen LogP contribution in [0.1, 0.15) is 18.1 Å². The predicted molar refractivity (Wildman–Crippen MR) is 102 cm³/mol. The van der Waals surface area contributed by atoms with Crippen LogP contribution in [-0.2, 0) is 23.0 Å². The second-order valence-electron chi connectivity index (χ2n) is 7.04. The van der Waals surface area contributed by atoms with Gasteiger partial charge < -0.3 is 15.2 Å². The van der Waals surface area contributed by atoms with E-state index in [-0.39, 0.29) is 5.75 Å². The Hall–Kier alpha value is -2.84. The Bertz CT molecular complexity index is 1010. The van der Waals surface area contributed by atoms with Crippen LogP contribution < -0.4 is 10.5 Å². The van der Waals surface area contributed by atoms with E-state index in [1.165, 1.54) is 12.1 Å². The summed E-state index contributed by atoms with van der Waals surface area (Å²) in [7, 11) is 0. The molecule has 4 rings (SSSR count). The van der Waals surface area contributed by atoms with Crippen molar-refractivity contribution in [2.24, 2.45) is 5.73 Å². The van der Waals surface area contributed by atoms with Crippen LogP contribution in [0.5, 0.6) is 11.6 Å².